The highest BCUT2D eigenvalue weighted by Gasteiger charge is 2.28. The predicted molar refractivity (Wildman–Crippen MR) is 54.7 cm³/mol. The van der Waals surface area contributed by atoms with Crippen LogP contribution in [-0.4, -0.2) is 20.4 Å². The standard InChI is InChI=1S/C11H11N3O/c15-11(8-2-1-3-8)9-6-13-14-5-4-12-7-10(9)14/h4-8H,1-3H2. The zero-order valence-corrected chi connectivity index (χ0v) is 8.26. The van der Waals surface area contributed by atoms with E-state index in [0.29, 0.717) is 5.56 Å². The Hall–Kier alpha value is -1.71. The van der Waals surface area contributed by atoms with Gasteiger partial charge in [-0.15, -0.1) is 0 Å². The molecule has 1 saturated carbocycles. The smallest absolute Gasteiger partial charge is 0.169 e. The van der Waals surface area contributed by atoms with Gasteiger partial charge in [-0.3, -0.25) is 9.78 Å². The molecule has 0 spiro atoms. The van der Waals surface area contributed by atoms with Crippen molar-refractivity contribution in [2.24, 2.45) is 5.92 Å². The van der Waals surface area contributed by atoms with Crippen molar-refractivity contribution in [1.29, 1.82) is 0 Å². The molecule has 1 fully saturated rings. The van der Waals surface area contributed by atoms with Gasteiger partial charge < -0.3 is 0 Å². The van der Waals surface area contributed by atoms with E-state index in [1.165, 1.54) is 6.42 Å². The summed E-state index contributed by atoms with van der Waals surface area (Å²) in [6, 6.07) is 0. The van der Waals surface area contributed by atoms with Gasteiger partial charge in [-0.05, 0) is 12.8 Å². The van der Waals surface area contributed by atoms with E-state index in [0.717, 1.165) is 18.4 Å². The van der Waals surface area contributed by atoms with Gasteiger partial charge in [-0.1, -0.05) is 6.42 Å². The quantitative estimate of drug-likeness (QED) is 0.695. The SMILES string of the molecule is O=C(c1cnn2ccncc12)C1CCC1. The van der Waals surface area contributed by atoms with Gasteiger partial charge in [-0.25, -0.2) is 4.52 Å². The summed E-state index contributed by atoms with van der Waals surface area (Å²) in [5.41, 5.74) is 1.53. The molecular weight excluding hydrogens is 190 g/mol. The fourth-order valence-electron chi connectivity index (χ4n) is 1.91. The first-order valence-corrected chi connectivity index (χ1v) is 5.18. The van der Waals surface area contributed by atoms with Gasteiger partial charge in [0.1, 0.15) is 0 Å². The highest BCUT2D eigenvalue weighted by molar-refractivity contribution is 6.03. The summed E-state index contributed by atoms with van der Waals surface area (Å²) >= 11 is 0. The third-order valence-electron chi connectivity index (χ3n) is 3.07. The molecule has 0 atom stereocenters. The molecule has 0 unspecified atom stereocenters. The predicted octanol–water partition coefficient (Wildman–Crippen LogP) is 1.71. The highest BCUT2D eigenvalue weighted by Crippen LogP contribution is 2.30. The van der Waals surface area contributed by atoms with Crippen molar-refractivity contribution in [1.82, 2.24) is 14.6 Å². The summed E-state index contributed by atoms with van der Waals surface area (Å²) in [5.74, 6) is 0.447. The Labute approximate surface area is 86.9 Å². The van der Waals surface area contributed by atoms with Crippen LogP contribution in [0.15, 0.2) is 24.8 Å². The molecule has 2 heterocycles. The zero-order valence-electron chi connectivity index (χ0n) is 8.26. The molecule has 1 aliphatic carbocycles. The second-order valence-corrected chi connectivity index (χ2v) is 3.96. The topological polar surface area (TPSA) is 47.3 Å². The Morgan fingerprint density at radius 3 is 3.00 bits per heavy atom. The number of hydrogen-bond donors (Lipinski definition) is 0. The monoisotopic (exact) mass is 201 g/mol. The lowest BCUT2D eigenvalue weighted by molar-refractivity contribution is 0.0857. The van der Waals surface area contributed by atoms with Crippen LogP contribution in [0.5, 0.6) is 0 Å². The summed E-state index contributed by atoms with van der Waals surface area (Å²) < 4.78 is 1.69. The number of carbonyl (C=O) groups is 1. The molecule has 4 nitrogen and oxygen atoms in total. The van der Waals surface area contributed by atoms with Crippen LogP contribution in [-0.2, 0) is 0 Å². The van der Waals surface area contributed by atoms with Crippen LogP contribution in [0.4, 0.5) is 0 Å². The number of aromatic nitrogens is 3. The van der Waals surface area contributed by atoms with E-state index >= 15 is 0 Å². The van der Waals surface area contributed by atoms with Crippen molar-refractivity contribution in [2.75, 3.05) is 0 Å². The molecule has 0 aliphatic heterocycles. The highest BCUT2D eigenvalue weighted by atomic mass is 16.1. The molecule has 0 aromatic carbocycles. The lowest BCUT2D eigenvalue weighted by atomic mass is 9.80. The molecule has 1 aliphatic rings. The van der Waals surface area contributed by atoms with E-state index in [1.807, 2.05) is 0 Å². The summed E-state index contributed by atoms with van der Waals surface area (Å²) in [6.45, 7) is 0. The number of rotatable bonds is 2. The molecule has 4 heteroatoms. The zero-order chi connectivity index (χ0) is 10.3. The minimum absolute atomic E-state index is 0.221. The van der Waals surface area contributed by atoms with Crippen LogP contribution in [0.3, 0.4) is 0 Å². The molecule has 0 saturated heterocycles. The number of hydrogen-bond acceptors (Lipinski definition) is 3. The number of ketones is 1. The van der Waals surface area contributed by atoms with E-state index in [4.69, 9.17) is 0 Å². The Morgan fingerprint density at radius 1 is 1.40 bits per heavy atom. The molecule has 3 rings (SSSR count). The van der Waals surface area contributed by atoms with E-state index in [-0.39, 0.29) is 11.7 Å². The van der Waals surface area contributed by atoms with Crippen LogP contribution >= 0.6 is 0 Å². The molecule has 0 N–H and O–H groups in total. The number of fused-ring (bicyclic) bond motifs is 1. The van der Waals surface area contributed by atoms with Gasteiger partial charge in [-0.2, -0.15) is 5.10 Å². The van der Waals surface area contributed by atoms with Crippen LogP contribution in [0.2, 0.25) is 0 Å². The second-order valence-electron chi connectivity index (χ2n) is 3.96. The Bertz CT molecular complexity index is 513. The maximum atomic E-state index is 12.0. The lowest BCUT2D eigenvalue weighted by Crippen LogP contribution is -2.21. The third kappa shape index (κ3) is 1.25. The Kier molecular flexibility index (Phi) is 1.80. The number of carbonyl (C=O) groups excluding carboxylic acids is 1. The lowest BCUT2D eigenvalue weighted by Gasteiger charge is -2.23. The van der Waals surface area contributed by atoms with Crippen LogP contribution in [0, 0.1) is 5.92 Å². The molecule has 0 bridgehead atoms. The van der Waals surface area contributed by atoms with Crippen molar-refractivity contribution in [3.05, 3.63) is 30.4 Å². The van der Waals surface area contributed by atoms with Crippen molar-refractivity contribution in [3.8, 4) is 0 Å². The summed E-state index contributed by atoms with van der Waals surface area (Å²) in [5, 5.41) is 4.14. The van der Waals surface area contributed by atoms with Crippen LogP contribution < -0.4 is 0 Å². The van der Waals surface area contributed by atoms with Crippen LogP contribution in [0.25, 0.3) is 5.52 Å². The number of Topliss-reactive ketones (excluding diaryl/α,β-unsaturated/α-hetero) is 1. The van der Waals surface area contributed by atoms with Crippen molar-refractivity contribution >= 4 is 11.3 Å². The van der Waals surface area contributed by atoms with Gasteiger partial charge >= 0.3 is 0 Å². The van der Waals surface area contributed by atoms with Gasteiger partial charge in [0.15, 0.2) is 5.78 Å². The molecular formula is C11H11N3O. The Balaban J connectivity index is 2.06. The van der Waals surface area contributed by atoms with E-state index in [9.17, 15) is 4.79 Å². The molecule has 15 heavy (non-hydrogen) atoms. The van der Waals surface area contributed by atoms with Gasteiger partial charge in [0.05, 0.1) is 23.5 Å². The normalized spacial score (nSPS) is 16.5. The molecule has 0 amide bonds. The minimum atomic E-state index is 0.221. The van der Waals surface area contributed by atoms with Gasteiger partial charge in [0.2, 0.25) is 0 Å². The van der Waals surface area contributed by atoms with E-state index in [1.54, 1.807) is 29.3 Å². The first-order valence-electron chi connectivity index (χ1n) is 5.18. The third-order valence-corrected chi connectivity index (χ3v) is 3.07. The summed E-state index contributed by atoms with van der Waals surface area (Å²) in [4.78, 5) is 16.0. The first-order chi connectivity index (χ1) is 7.36. The fourth-order valence-corrected chi connectivity index (χ4v) is 1.91. The Morgan fingerprint density at radius 2 is 2.27 bits per heavy atom. The fraction of sp³-hybridized carbons (Fsp3) is 0.364. The van der Waals surface area contributed by atoms with Crippen molar-refractivity contribution < 1.29 is 4.79 Å². The molecule has 0 radical (unpaired) electrons. The number of nitrogens with zero attached hydrogens (tertiary/aromatic N) is 3. The van der Waals surface area contributed by atoms with E-state index in [2.05, 4.69) is 10.1 Å². The largest absolute Gasteiger partial charge is 0.294 e. The van der Waals surface area contributed by atoms with Gasteiger partial charge in [0, 0.05) is 18.3 Å². The second kappa shape index (κ2) is 3.15. The average Bonchev–Trinajstić information content (AvgIpc) is 2.58. The minimum Gasteiger partial charge on any atom is -0.294 e. The van der Waals surface area contributed by atoms with Crippen molar-refractivity contribution in [2.45, 2.75) is 19.3 Å². The molecule has 76 valence electrons. The van der Waals surface area contributed by atoms with Crippen LogP contribution in [0.1, 0.15) is 29.6 Å². The first kappa shape index (κ1) is 8.59. The van der Waals surface area contributed by atoms with Gasteiger partial charge in [0.25, 0.3) is 0 Å². The molecule has 2 aromatic heterocycles. The van der Waals surface area contributed by atoms with E-state index < -0.39 is 0 Å². The maximum Gasteiger partial charge on any atom is 0.169 e. The molecule has 2 aromatic rings. The summed E-state index contributed by atoms with van der Waals surface area (Å²) in [6.07, 6.45) is 9.99. The average molecular weight is 201 g/mol. The van der Waals surface area contributed by atoms with Crippen molar-refractivity contribution in [3.63, 3.8) is 0 Å². The maximum absolute atomic E-state index is 12.0. The summed E-state index contributed by atoms with van der Waals surface area (Å²) in [7, 11) is 0.